The summed E-state index contributed by atoms with van der Waals surface area (Å²) in [5.41, 5.74) is 1.36. The second-order valence-corrected chi connectivity index (χ2v) is 5.31. The molecule has 1 aliphatic rings. The predicted molar refractivity (Wildman–Crippen MR) is 81.2 cm³/mol. The van der Waals surface area contributed by atoms with Gasteiger partial charge in [-0.15, -0.1) is 0 Å². The lowest BCUT2D eigenvalue weighted by atomic mass is 10.2. The molecular weight excluding hydrogens is 252 g/mol. The van der Waals surface area contributed by atoms with E-state index in [1.165, 1.54) is 25.1 Å². The first kappa shape index (κ1) is 15.3. The average molecular weight is 278 g/mol. The van der Waals surface area contributed by atoms with Crippen LogP contribution in [0, 0.1) is 0 Å². The maximum atomic E-state index is 5.20. The molecule has 0 aliphatic carbocycles. The maximum absolute atomic E-state index is 5.20. The van der Waals surface area contributed by atoms with E-state index in [0.717, 1.165) is 38.5 Å². The summed E-state index contributed by atoms with van der Waals surface area (Å²) in [5, 5.41) is 0. The Morgan fingerprint density at radius 2 is 1.65 bits per heavy atom. The molecule has 1 aliphatic heterocycles. The van der Waals surface area contributed by atoms with Gasteiger partial charge in [-0.2, -0.15) is 0 Å². The summed E-state index contributed by atoms with van der Waals surface area (Å²) in [7, 11) is 3.48. The maximum Gasteiger partial charge on any atom is 0.118 e. The minimum atomic E-state index is 0.832. The Morgan fingerprint density at radius 1 is 0.950 bits per heavy atom. The fraction of sp³-hybridized carbons (Fsp3) is 0.625. The molecule has 0 spiro atoms. The van der Waals surface area contributed by atoms with Crippen LogP contribution in [-0.2, 0) is 11.3 Å². The Kier molecular flexibility index (Phi) is 6.30. The SMILES string of the molecule is COCCN1CCCN(Cc2ccc(OC)cc2)CC1. The van der Waals surface area contributed by atoms with Gasteiger partial charge in [0.2, 0.25) is 0 Å². The van der Waals surface area contributed by atoms with E-state index in [1.54, 1.807) is 14.2 Å². The molecule has 4 heteroatoms. The summed E-state index contributed by atoms with van der Waals surface area (Å²) in [5.74, 6) is 0.926. The monoisotopic (exact) mass is 278 g/mol. The largest absolute Gasteiger partial charge is 0.497 e. The van der Waals surface area contributed by atoms with Gasteiger partial charge in [0.05, 0.1) is 13.7 Å². The van der Waals surface area contributed by atoms with Crippen LogP contribution in [0.4, 0.5) is 0 Å². The van der Waals surface area contributed by atoms with Crippen LogP contribution in [0.1, 0.15) is 12.0 Å². The molecule has 1 fully saturated rings. The van der Waals surface area contributed by atoms with Gasteiger partial charge in [-0.25, -0.2) is 0 Å². The lowest BCUT2D eigenvalue weighted by molar-refractivity contribution is 0.149. The van der Waals surface area contributed by atoms with Gasteiger partial charge in [-0.1, -0.05) is 12.1 Å². The van der Waals surface area contributed by atoms with Crippen LogP contribution in [-0.4, -0.2) is 63.4 Å². The highest BCUT2D eigenvalue weighted by atomic mass is 16.5. The van der Waals surface area contributed by atoms with Crippen LogP contribution in [0.2, 0.25) is 0 Å². The Bertz CT molecular complexity index is 381. The molecule has 112 valence electrons. The van der Waals surface area contributed by atoms with Crippen LogP contribution >= 0.6 is 0 Å². The van der Waals surface area contributed by atoms with Gasteiger partial charge in [0.25, 0.3) is 0 Å². The summed E-state index contributed by atoms with van der Waals surface area (Å²) < 4.78 is 10.4. The number of hydrogen-bond acceptors (Lipinski definition) is 4. The first-order valence-corrected chi connectivity index (χ1v) is 7.38. The number of nitrogens with zero attached hydrogens (tertiary/aromatic N) is 2. The van der Waals surface area contributed by atoms with Gasteiger partial charge < -0.3 is 9.47 Å². The molecule has 1 aromatic rings. The molecule has 0 unspecified atom stereocenters. The van der Waals surface area contributed by atoms with E-state index >= 15 is 0 Å². The molecule has 20 heavy (non-hydrogen) atoms. The molecule has 0 saturated carbocycles. The summed E-state index contributed by atoms with van der Waals surface area (Å²) in [6.45, 7) is 7.54. The average Bonchev–Trinajstić information content (AvgIpc) is 2.71. The lowest BCUT2D eigenvalue weighted by Gasteiger charge is -2.21. The minimum Gasteiger partial charge on any atom is -0.497 e. The van der Waals surface area contributed by atoms with E-state index in [9.17, 15) is 0 Å². The molecule has 2 rings (SSSR count). The zero-order valence-corrected chi connectivity index (χ0v) is 12.7. The molecule has 1 aromatic carbocycles. The minimum absolute atomic E-state index is 0.832. The van der Waals surface area contributed by atoms with Crippen molar-refractivity contribution in [3.8, 4) is 5.75 Å². The Balaban J connectivity index is 1.81. The van der Waals surface area contributed by atoms with Crippen molar-refractivity contribution in [3.05, 3.63) is 29.8 Å². The van der Waals surface area contributed by atoms with Crippen molar-refractivity contribution in [1.29, 1.82) is 0 Å². The van der Waals surface area contributed by atoms with Crippen LogP contribution in [0.25, 0.3) is 0 Å². The lowest BCUT2D eigenvalue weighted by Crippen LogP contribution is -2.32. The number of ether oxygens (including phenoxy) is 2. The van der Waals surface area contributed by atoms with Crippen molar-refractivity contribution in [2.75, 3.05) is 53.6 Å². The Labute approximate surface area is 122 Å². The zero-order valence-electron chi connectivity index (χ0n) is 12.7. The van der Waals surface area contributed by atoms with Crippen LogP contribution in [0.15, 0.2) is 24.3 Å². The number of rotatable bonds is 6. The predicted octanol–water partition coefficient (Wildman–Crippen LogP) is 1.85. The summed E-state index contributed by atoms with van der Waals surface area (Å²) in [6, 6.07) is 8.40. The highest BCUT2D eigenvalue weighted by Gasteiger charge is 2.14. The second kappa shape index (κ2) is 8.25. The summed E-state index contributed by atoms with van der Waals surface area (Å²) in [6.07, 6.45) is 1.24. The van der Waals surface area contributed by atoms with Gasteiger partial charge in [-0.05, 0) is 37.2 Å². The van der Waals surface area contributed by atoms with E-state index < -0.39 is 0 Å². The highest BCUT2D eigenvalue weighted by Crippen LogP contribution is 2.14. The van der Waals surface area contributed by atoms with Crippen molar-refractivity contribution in [2.45, 2.75) is 13.0 Å². The first-order valence-electron chi connectivity index (χ1n) is 7.38. The molecule has 0 amide bonds. The Morgan fingerprint density at radius 3 is 2.35 bits per heavy atom. The van der Waals surface area contributed by atoms with Crippen molar-refractivity contribution in [2.24, 2.45) is 0 Å². The van der Waals surface area contributed by atoms with Crippen LogP contribution in [0.3, 0.4) is 0 Å². The van der Waals surface area contributed by atoms with Crippen LogP contribution in [0.5, 0.6) is 5.75 Å². The number of methoxy groups -OCH3 is 2. The topological polar surface area (TPSA) is 24.9 Å². The second-order valence-electron chi connectivity index (χ2n) is 5.31. The third kappa shape index (κ3) is 4.78. The van der Waals surface area contributed by atoms with E-state index in [0.29, 0.717) is 0 Å². The van der Waals surface area contributed by atoms with E-state index in [2.05, 4.69) is 21.9 Å². The van der Waals surface area contributed by atoms with Crippen LogP contribution < -0.4 is 4.74 Å². The molecule has 0 atom stereocenters. The van der Waals surface area contributed by atoms with Gasteiger partial charge in [-0.3, -0.25) is 9.80 Å². The van der Waals surface area contributed by atoms with Crippen molar-refractivity contribution in [3.63, 3.8) is 0 Å². The highest BCUT2D eigenvalue weighted by molar-refractivity contribution is 5.27. The summed E-state index contributed by atoms with van der Waals surface area (Å²) in [4.78, 5) is 5.03. The zero-order chi connectivity index (χ0) is 14.2. The first-order chi connectivity index (χ1) is 9.81. The molecule has 0 bridgehead atoms. The smallest absolute Gasteiger partial charge is 0.118 e. The molecular formula is C16H26N2O2. The van der Waals surface area contributed by atoms with Gasteiger partial charge in [0.1, 0.15) is 5.75 Å². The molecule has 4 nitrogen and oxygen atoms in total. The van der Waals surface area contributed by atoms with Gasteiger partial charge in [0, 0.05) is 33.3 Å². The quantitative estimate of drug-likeness (QED) is 0.793. The fourth-order valence-electron chi connectivity index (χ4n) is 2.62. The van der Waals surface area contributed by atoms with E-state index in [-0.39, 0.29) is 0 Å². The molecule has 1 heterocycles. The third-order valence-corrected chi connectivity index (χ3v) is 3.86. The summed E-state index contributed by atoms with van der Waals surface area (Å²) >= 11 is 0. The Hall–Kier alpha value is -1.10. The van der Waals surface area contributed by atoms with Crippen molar-refractivity contribution in [1.82, 2.24) is 9.80 Å². The number of benzene rings is 1. The van der Waals surface area contributed by atoms with Crippen molar-refractivity contribution >= 4 is 0 Å². The van der Waals surface area contributed by atoms with E-state index in [1.807, 2.05) is 12.1 Å². The van der Waals surface area contributed by atoms with Gasteiger partial charge in [0.15, 0.2) is 0 Å². The fourth-order valence-corrected chi connectivity index (χ4v) is 2.62. The normalized spacial score (nSPS) is 17.9. The molecule has 0 aromatic heterocycles. The standard InChI is InChI=1S/C16H26N2O2/c1-19-13-12-17-8-3-9-18(11-10-17)14-15-4-6-16(20-2)7-5-15/h4-7H,3,8-14H2,1-2H3. The van der Waals surface area contributed by atoms with E-state index in [4.69, 9.17) is 9.47 Å². The molecule has 1 saturated heterocycles. The van der Waals surface area contributed by atoms with Gasteiger partial charge >= 0.3 is 0 Å². The number of hydrogen-bond donors (Lipinski definition) is 0. The molecule has 0 N–H and O–H groups in total. The van der Waals surface area contributed by atoms with Crippen molar-refractivity contribution < 1.29 is 9.47 Å². The third-order valence-electron chi connectivity index (χ3n) is 3.86. The molecule has 0 radical (unpaired) electrons.